The summed E-state index contributed by atoms with van der Waals surface area (Å²) in [6.07, 6.45) is 1.11. The molecule has 0 aromatic rings. The van der Waals surface area contributed by atoms with E-state index in [1.165, 1.54) is 5.75 Å². The molecule has 0 aromatic heterocycles. The average Bonchev–Trinajstić information content (AvgIpc) is 2.53. The van der Waals surface area contributed by atoms with E-state index in [4.69, 9.17) is 5.73 Å². The van der Waals surface area contributed by atoms with Gasteiger partial charge in [0, 0.05) is 18.8 Å². The van der Waals surface area contributed by atoms with E-state index in [0.29, 0.717) is 6.04 Å². The molecule has 2 atom stereocenters. The number of hydrogen-bond donors (Lipinski definition) is 1. The Morgan fingerprint density at radius 3 is 2.83 bits per heavy atom. The predicted octanol–water partition coefficient (Wildman–Crippen LogP) is 0.298. The van der Waals surface area contributed by atoms with Crippen molar-refractivity contribution in [1.29, 1.82) is 0 Å². The van der Waals surface area contributed by atoms with E-state index in [9.17, 15) is 4.79 Å². The maximum absolute atomic E-state index is 11.4. The van der Waals surface area contributed by atoms with Crippen LogP contribution in [-0.4, -0.2) is 41.4 Å². The van der Waals surface area contributed by atoms with Crippen LogP contribution in [0.5, 0.6) is 0 Å². The first kappa shape index (κ1) is 9.86. The van der Waals surface area contributed by atoms with Gasteiger partial charge in [-0.2, -0.15) is 11.8 Å². The molecule has 3 nitrogen and oxygen atoms in total. The molecule has 0 aliphatic carbocycles. The normalized spacial score (nSPS) is 25.4. The van der Waals surface area contributed by atoms with Crippen molar-refractivity contribution < 1.29 is 4.79 Å². The molecule has 1 rings (SSSR count). The van der Waals surface area contributed by atoms with Gasteiger partial charge in [0.25, 0.3) is 0 Å². The summed E-state index contributed by atoms with van der Waals surface area (Å²) >= 11 is 1.90. The van der Waals surface area contributed by atoms with E-state index < -0.39 is 0 Å². The number of carbonyl (C=O) groups excluding carboxylic acids is 1. The minimum Gasteiger partial charge on any atom is -0.341 e. The van der Waals surface area contributed by atoms with Crippen LogP contribution in [-0.2, 0) is 4.79 Å². The summed E-state index contributed by atoms with van der Waals surface area (Å²) in [5, 5.41) is 0. The molecule has 1 unspecified atom stereocenters. The lowest BCUT2D eigenvalue weighted by Gasteiger charge is -2.25. The van der Waals surface area contributed by atoms with Gasteiger partial charge in [-0.15, -0.1) is 0 Å². The lowest BCUT2D eigenvalue weighted by molar-refractivity contribution is -0.132. The SMILES string of the molecule is C[C@H](N)C(=O)N(C)C1CCSC1. The zero-order valence-electron chi connectivity index (χ0n) is 7.62. The Labute approximate surface area is 77.7 Å². The second kappa shape index (κ2) is 4.14. The number of nitrogens with zero attached hydrogens (tertiary/aromatic N) is 1. The van der Waals surface area contributed by atoms with Crippen LogP contribution in [0.2, 0.25) is 0 Å². The number of amides is 1. The first-order valence-corrected chi connectivity index (χ1v) is 5.38. The third-order valence-electron chi connectivity index (χ3n) is 2.19. The molecule has 1 amide bonds. The van der Waals surface area contributed by atoms with Crippen LogP contribution < -0.4 is 5.73 Å². The maximum Gasteiger partial charge on any atom is 0.239 e. The summed E-state index contributed by atoms with van der Waals surface area (Å²) in [5.41, 5.74) is 5.51. The summed E-state index contributed by atoms with van der Waals surface area (Å²) in [6.45, 7) is 1.74. The minimum absolute atomic E-state index is 0.0579. The molecule has 1 saturated heterocycles. The van der Waals surface area contributed by atoms with Gasteiger partial charge < -0.3 is 10.6 Å². The molecule has 70 valence electrons. The minimum atomic E-state index is -0.361. The van der Waals surface area contributed by atoms with Crippen LogP contribution in [0.3, 0.4) is 0 Å². The van der Waals surface area contributed by atoms with E-state index in [1.807, 2.05) is 18.8 Å². The van der Waals surface area contributed by atoms with Crippen LogP contribution in [0.25, 0.3) is 0 Å². The smallest absolute Gasteiger partial charge is 0.239 e. The van der Waals surface area contributed by atoms with E-state index >= 15 is 0 Å². The van der Waals surface area contributed by atoms with Crippen LogP contribution in [0.1, 0.15) is 13.3 Å². The summed E-state index contributed by atoms with van der Waals surface area (Å²) < 4.78 is 0. The number of likely N-dealkylation sites (N-methyl/N-ethyl adjacent to an activating group) is 1. The van der Waals surface area contributed by atoms with Gasteiger partial charge in [-0.1, -0.05) is 0 Å². The molecule has 12 heavy (non-hydrogen) atoms. The zero-order chi connectivity index (χ0) is 9.14. The third kappa shape index (κ3) is 2.14. The Balaban J connectivity index is 2.45. The van der Waals surface area contributed by atoms with Gasteiger partial charge in [-0.05, 0) is 19.1 Å². The highest BCUT2D eigenvalue weighted by Crippen LogP contribution is 2.21. The maximum atomic E-state index is 11.4. The highest BCUT2D eigenvalue weighted by molar-refractivity contribution is 7.99. The summed E-state index contributed by atoms with van der Waals surface area (Å²) in [4.78, 5) is 13.2. The second-order valence-corrected chi connectivity index (χ2v) is 4.41. The summed E-state index contributed by atoms with van der Waals surface area (Å²) in [6, 6.07) is 0.0501. The highest BCUT2D eigenvalue weighted by atomic mass is 32.2. The lowest BCUT2D eigenvalue weighted by Crippen LogP contribution is -2.45. The molecular formula is C8H16N2OS. The van der Waals surface area contributed by atoms with Gasteiger partial charge in [0.05, 0.1) is 6.04 Å². The Morgan fingerprint density at radius 1 is 1.75 bits per heavy atom. The number of rotatable bonds is 2. The number of carbonyl (C=O) groups is 1. The Bertz CT molecular complexity index is 166. The molecule has 0 bridgehead atoms. The average molecular weight is 188 g/mol. The molecule has 0 spiro atoms. The largest absolute Gasteiger partial charge is 0.341 e. The third-order valence-corrected chi connectivity index (χ3v) is 3.34. The van der Waals surface area contributed by atoms with Crippen molar-refractivity contribution in [3.8, 4) is 0 Å². The van der Waals surface area contributed by atoms with E-state index in [-0.39, 0.29) is 11.9 Å². The zero-order valence-corrected chi connectivity index (χ0v) is 8.43. The van der Waals surface area contributed by atoms with Crippen LogP contribution in [0, 0.1) is 0 Å². The quantitative estimate of drug-likeness (QED) is 0.678. The van der Waals surface area contributed by atoms with Crippen LogP contribution >= 0.6 is 11.8 Å². The number of nitrogens with two attached hydrogens (primary N) is 1. The van der Waals surface area contributed by atoms with Gasteiger partial charge in [0.1, 0.15) is 0 Å². The predicted molar refractivity (Wildman–Crippen MR) is 52.1 cm³/mol. The first-order chi connectivity index (χ1) is 5.63. The van der Waals surface area contributed by atoms with Gasteiger partial charge >= 0.3 is 0 Å². The van der Waals surface area contributed by atoms with Crippen molar-refractivity contribution in [3.63, 3.8) is 0 Å². The van der Waals surface area contributed by atoms with Crippen molar-refractivity contribution in [3.05, 3.63) is 0 Å². The molecule has 1 heterocycles. The fourth-order valence-electron chi connectivity index (χ4n) is 1.33. The standard InChI is InChI=1S/C8H16N2OS/c1-6(9)8(11)10(2)7-3-4-12-5-7/h6-7H,3-5,9H2,1-2H3/t6-,7?/m0/s1. The molecule has 2 N–H and O–H groups in total. The topological polar surface area (TPSA) is 46.3 Å². The number of thioether (sulfide) groups is 1. The Hall–Kier alpha value is -0.220. The van der Waals surface area contributed by atoms with Gasteiger partial charge in [-0.3, -0.25) is 4.79 Å². The highest BCUT2D eigenvalue weighted by Gasteiger charge is 2.25. The molecule has 1 aliphatic rings. The Morgan fingerprint density at radius 2 is 2.42 bits per heavy atom. The van der Waals surface area contributed by atoms with E-state index in [0.717, 1.165) is 12.2 Å². The molecule has 0 saturated carbocycles. The Kier molecular flexibility index (Phi) is 3.40. The molecule has 1 fully saturated rings. The number of hydrogen-bond acceptors (Lipinski definition) is 3. The van der Waals surface area contributed by atoms with Crippen molar-refractivity contribution in [2.24, 2.45) is 5.73 Å². The van der Waals surface area contributed by atoms with Crippen LogP contribution in [0.15, 0.2) is 0 Å². The second-order valence-electron chi connectivity index (χ2n) is 3.26. The molecular weight excluding hydrogens is 172 g/mol. The van der Waals surface area contributed by atoms with E-state index in [2.05, 4.69) is 0 Å². The van der Waals surface area contributed by atoms with Crippen molar-refractivity contribution in [2.75, 3.05) is 18.6 Å². The fourth-order valence-corrected chi connectivity index (χ4v) is 2.60. The summed E-state index contributed by atoms with van der Waals surface area (Å²) in [5.74, 6) is 2.29. The fraction of sp³-hybridized carbons (Fsp3) is 0.875. The van der Waals surface area contributed by atoms with Crippen molar-refractivity contribution in [1.82, 2.24) is 4.90 Å². The lowest BCUT2D eigenvalue weighted by atomic mass is 10.2. The van der Waals surface area contributed by atoms with E-state index in [1.54, 1.807) is 11.8 Å². The van der Waals surface area contributed by atoms with Crippen molar-refractivity contribution >= 4 is 17.7 Å². The first-order valence-electron chi connectivity index (χ1n) is 4.23. The summed E-state index contributed by atoms with van der Waals surface area (Å²) in [7, 11) is 1.85. The van der Waals surface area contributed by atoms with Crippen molar-refractivity contribution in [2.45, 2.75) is 25.4 Å². The molecule has 1 aliphatic heterocycles. The monoisotopic (exact) mass is 188 g/mol. The molecule has 0 aromatic carbocycles. The molecule has 4 heteroatoms. The van der Waals surface area contributed by atoms with Gasteiger partial charge in [0.15, 0.2) is 0 Å². The van der Waals surface area contributed by atoms with Crippen LogP contribution in [0.4, 0.5) is 0 Å². The molecule has 0 radical (unpaired) electrons. The van der Waals surface area contributed by atoms with Gasteiger partial charge in [0.2, 0.25) is 5.91 Å². The van der Waals surface area contributed by atoms with Gasteiger partial charge in [-0.25, -0.2) is 0 Å².